The topological polar surface area (TPSA) is 142 Å². The minimum absolute atomic E-state index is 0.202. The van der Waals surface area contributed by atoms with E-state index in [9.17, 15) is 14.7 Å². The number of carboxylic acid groups (broad SMARTS) is 1. The number of carbonyl (C=O) groups is 2. The van der Waals surface area contributed by atoms with Crippen LogP contribution in [-0.4, -0.2) is 59.4 Å². The highest BCUT2D eigenvalue weighted by atomic mass is 16.5. The number of aliphatic carboxylic acids is 1. The molecule has 25 heavy (non-hydrogen) atoms. The molecule has 0 aliphatic carbocycles. The Balaban J connectivity index is 4.36. The van der Waals surface area contributed by atoms with Crippen LogP contribution in [0.15, 0.2) is 0 Å². The number of carboxylic acids is 1. The normalized spacial score (nSPS) is 14.8. The van der Waals surface area contributed by atoms with Crippen LogP contribution in [-0.2, 0) is 14.3 Å². The second kappa shape index (κ2) is 12.2. The molecular weight excluding hydrogens is 327 g/mol. The SMILES string of the molecule is COC(=O)C(CC(C)C)NCCCC(N)(CCCCB(O)O)C(=O)O. The number of carbonyl (C=O) groups excluding carboxylic acids is 1. The second-order valence-electron chi connectivity index (χ2n) is 6.95. The fourth-order valence-electron chi connectivity index (χ4n) is 2.66. The highest BCUT2D eigenvalue weighted by Crippen LogP contribution is 2.19. The molecule has 0 amide bonds. The van der Waals surface area contributed by atoms with E-state index < -0.39 is 24.7 Å². The monoisotopic (exact) mass is 360 g/mol. The third-order valence-corrected chi connectivity index (χ3v) is 4.14. The molecule has 0 saturated carbocycles. The van der Waals surface area contributed by atoms with Gasteiger partial charge in [-0.05, 0) is 44.5 Å². The van der Waals surface area contributed by atoms with E-state index in [1.165, 1.54) is 7.11 Å². The van der Waals surface area contributed by atoms with Crippen LogP contribution in [0, 0.1) is 5.92 Å². The van der Waals surface area contributed by atoms with Crippen molar-refractivity contribution in [2.24, 2.45) is 11.7 Å². The van der Waals surface area contributed by atoms with Gasteiger partial charge in [-0.3, -0.25) is 9.59 Å². The summed E-state index contributed by atoms with van der Waals surface area (Å²) in [5.74, 6) is -1.07. The highest BCUT2D eigenvalue weighted by molar-refractivity contribution is 6.40. The Morgan fingerprint density at radius 2 is 1.80 bits per heavy atom. The minimum Gasteiger partial charge on any atom is -0.480 e. The van der Waals surface area contributed by atoms with Crippen molar-refractivity contribution in [3.8, 4) is 0 Å². The van der Waals surface area contributed by atoms with Crippen molar-refractivity contribution >= 4 is 19.1 Å². The molecule has 0 aromatic carbocycles. The van der Waals surface area contributed by atoms with Crippen molar-refractivity contribution in [1.29, 1.82) is 0 Å². The third kappa shape index (κ3) is 10.4. The molecule has 0 aliphatic rings. The zero-order chi connectivity index (χ0) is 19.5. The molecule has 0 fully saturated rings. The average Bonchev–Trinajstić information content (AvgIpc) is 2.53. The fourth-order valence-corrected chi connectivity index (χ4v) is 2.66. The van der Waals surface area contributed by atoms with Gasteiger partial charge in [0.15, 0.2) is 0 Å². The maximum atomic E-state index is 11.7. The molecule has 0 heterocycles. The Labute approximate surface area is 150 Å². The second-order valence-corrected chi connectivity index (χ2v) is 6.95. The maximum Gasteiger partial charge on any atom is 0.451 e. The van der Waals surface area contributed by atoms with Crippen LogP contribution in [0.25, 0.3) is 0 Å². The molecule has 146 valence electrons. The van der Waals surface area contributed by atoms with Gasteiger partial charge in [-0.2, -0.15) is 0 Å². The summed E-state index contributed by atoms with van der Waals surface area (Å²) in [7, 11) is -0.0341. The van der Waals surface area contributed by atoms with Crippen molar-refractivity contribution in [3.63, 3.8) is 0 Å². The molecule has 6 N–H and O–H groups in total. The standard InChI is InChI=1S/C16H33BN2O6/c1-12(2)11-13(14(20)25-3)19-10-6-8-16(18,15(21)22)7-4-5-9-17(23)24/h12-13,19,23-24H,4-11,18H2,1-3H3,(H,21,22). The quantitative estimate of drug-likeness (QED) is 0.170. The van der Waals surface area contributed by atoms with Crippen LogP contribution in [0.2, 0.25) is 6.32 Å². The fraction of sp³-hybridized carbons (Fsp3) is 0.875. The molecule has 0 spiro atoms. The first kappa shape index (κ1) is 23.8. The number of rotatable bonds is 14. The van der Waals surface area contributed by atoms with Crippen LogP contribution in [0.4, 0.5) is 0 Å². The van der Waals surface area contributed by atoms with Gasteiger partial charge in [0.1, 0.15) is 11.6 Å². The molecule has 8 nitrogen and oxygen atoms in total. The molecule has 0 saturated heterocycles. The molecule has 0 radical (unpaired) electrons. The van der Waals surface area contributed by atoms with Crippen molar-refractivity contribution in [2.45, 2.75) is 70.3 Å². The van der Waals surface area contributed by atoms with Gasteiger partial charge in [-0.25, -0.2) is 0 Å². The molecule has 0 rings (SSSR count). The smallest absolute Gasteiger partial charge is 0.451 e. The zero-order valence-corrected chi connectivity index (χ0v) is 15.5. The van der Waals surface area contributed by atoms with Gasteiger partial charge in [0.2, 0.25) is 0 Å². The van der Waals surface area contributed by atoms with Crippen molar-refractivity contribution in [3.05, 3.63) is 0 Å². The lowest BCUT2D eigenvalue weighted by molar-refractivity contribution is -0.145. The van der Waals surface area contributed by atoms with Crippen LogP contribution in [0.3, 0.4) is 0 Å². The Hall–Kier alpha value is -1.16. The zero-order valence-electron chi connectivity index (χ0n) is 15.5. The van der Waals surface area contributed by atoms with E-state index in [1.54, 1.807) is 0 Å². The van der Waals surface area contributed by atoms with Crippen LogP contribution >= 0.6 is 0 Å². The van der Waals surface area contributed by atoms with Gasteiger partial charge in [0.05, 0.1) is 7.11 Å². The lowest BCUT2D eigenvalue weighted by Gasteiger charge is -2.25. The summed E-state index contributed by atoms with van der Waals surface area (Å²) < 4.78 is 4.77. The molecule has 2 atom stereocenters. The number of hydrogen-bond acceptors (Lipinski definition) is 7. The number of methoxy groups -OCH3 is 1. The predicted molar refractivity (Wildman–Crippen MR) is 95.9 cm³/mol. The van der Waals surface area contributed by atoms with Gasteiger partial charge in [0.25, 0.3) is 0 Å². The molecule has 2 unspecified atom stereocenters. The van der Waals surface area contributed by atoms with E-state index in [2.05, 4.69) is 5.32 Å². The molecule has 0 bridgehead atoms. The molecular formula is C16H33BN2O6. The van der Waals surface area contributed by atoms with Crippen LogP contribution in [0.5, 0.6) is 0 Å². The van der Waals surface area contributed by atoms with Gasteiger partial charge >= 0.3 is 19.1 Å². The Morgan fingerprint density at radius 3 is 2.28 bits per heavy atom. The minimum atomic E-state index is -1.38. The predicted octanol–water partition coefficient (Wildman–Crippen LogP) is 0.369. The first-order valence-corrected chi connectivity index (χ1v) is 8.82. The van der Waals surface area contributed by atoms with Gasteiger partial charge < -0.3 is 30.9 Å². The van der Waals surface area contributed by atoms with Gasteiger partial charge in [0, 0.05) is 0 Å². The van der Waals surface area contributed by atoms with E-state index in [0.29, 0.717) is 38.1 Å². The number of ether oxygens (including phenoxy) is 1. The number of nitrogens with two attached hydrogens (primary N) is 1. The summed E-state index contributed by atoms with van der Waals surface area (Å²) in [4.78, 5) is 23.2. The summed E-state index contributed by atoms with van der Waals surface area (Å²) in [5, 5.41) is 30.1. The van der Waals surface area contributed by atoms with Crippen molar-refractivity contribution in [1.82, 2.24) is 5.32 Å². The maximum absolute atomic E-state index is 11.7. The number of hydrogen-bond donors (Lipinski definition) is 5. The van der Waals surface area contributed by atoms with E-state index >= 15 is 0 Å². The molecule has 0 aliphatic heterocycles. The number of unbranched alkanes of at least 4 members (excludes halogenated alkanes) is 1. The lowest BCUT2D eigenvalue weighted by Crippen LogP contribution is -2.48. The van der Waals surface area contributed by atoms with E-state index in [4.69, 9.17) is 20.5 Å². The molecule has 0 aromatic heterocycles. The largest absolute Gasteiger partial charge is 0.480 e. The first-order valence-electron chi connectivity index (χ1n) is 8.82. The molecule has 9 heteroatoms. The molecule has 0 aromatic rings. The summed E-state index contributed by atoms with van der Waals surface area (Å²) in [6.45, 7) is 4.49. The lowest BCUT2D eigenvalue weighted by atomic mass is 9.81. The number of nitrogens with one attached hydrogen (secondary N) is 1. The summed E-state index contributed by atoms with van der Waals surface area (Å²) in [6.07, 6.45) is 2.90. The summed E-state index contributed by atoms with van der Waals surface area (Å²) >= 11 is 0. The van der Waals surface area contributed by atoms with Gasteiger partial charge in [-0.1, -0.05) is 26.7 Å². The summed E-state index contributed by atoms with van der Waals surface area (Å²) in [6, 6.07) is -0.409. The Morgan fingerprint density at radius 1 is 1.20 bits per heavy atom. The highest BCUT2D eigenvalue weighted by Gasteiger charge is 2.33. The summed E-state index contributed by atoms with van der Waals surface area (Å²) in [5.41, 5.74) is 4.65. The van der Waals surface area contributed by atoms with E-state index in [-0.39, 0.29) is 25.1 Å². The van der Waals surface area contributed by atoms with E-state index in [1.807, 2.05) is 13.8 Å². The Bertz CT molecular complexity index is 408. The van der Waals surface area contributed by atoms with Crippen LogP contribution in [0.1, 0.15) is 52.4 Å². The Kier molecular flexibility index (Phi) is 11.7. The van der Waals surface area contributed by atoms with Crippen molar-refractivity contribution < 1.29 is 29.5 Å². The van der Waals surface area contributed by atoms with Crippen LogP contribution < -0.4 is 11.1 Å². The first-order chi connectivity index (χ1) is 11.6. The van der Waals surface area contributed by atoms with E-state index in [0.717, 1.165) is 0 Å². The average molecular weight is 360 g/mol. The van der Waals surface area contributed by atoms with Crippen molar-refractivity contribution in [2.75, 3.05) is 13.7 Å². The number of esters is 1. The third-order valence-electron chi connectivity index (χ3n) is 4.14. The van der Waals surface area contributed by atoms with Gasteiger partial charge in [-0.15, -0.1) is 0 Å².